The van der Waals surface area contributed by atoms with Crippen LogP contribution in [0.15, 0.2) is 11.3 Å². The maximum atomic E-state index is 13.1. The number of ether oxygens (including phenoxy) is 2. The molecule has 0 aromatic rings. The standard InChI is InChI=1S/C21H30O5/c1-11(2)15-10-18-12(3)14-6-7-21(4,26-18)19(14)17(23)9-13(8-16(15)22)20(24)25-5/h11,13-15,19H,6-10H2,1-5H3. The lowest BCUT2D eigenvalue weighted by molar-refractivity contribution is -0.150. The van der Waals surface area contributed by atoms with Gasteiger partial charge in [0.15, 0.2) is 0 Å². The topological polar surface area (TPSA) is 69.7 Å². The minimum absolute atomic E-state index is 0.0231. The van der Waals surface area contributed by atoms with Gasteiger partial charge in [-0.2, -0.15) is 0 Å². The van der Waals surface area contributed by atoms with E-state index in [9.17, 15) is 14.4 Å². The Morgan fingerprint density at radius 2 is 1.85 bits per heavy atom. The molecule has 0 N–H and O–H groups in total. The normalized spacial score (nSPS) is 37.6. The summed E-state index contributed by atoms with van der Waals surface area (Å²) in [6, 6.07) is 0. The third kappa shape index (κ3) is 3.10. The number of allylic oxidation sites excluding steroid dienone is 2. The van der Waals surface area contributed by atoms with Crippen LogP contribution >= 0.6 is 0 Å². The quantitative estimate of drug-likeness (QED) is 0.704. The number of rotatable bonds is 2. The highest BCUT2D eigenvalue weighted by Crippen LogP contribution is 2.54. The molecule has 0 amide bonds. The lowest BCUT2D eigenvalue weighted by atomic mass is 9.75. The van der Waals surface area contributed by atoms with Gasteiger partial charge in [-0.1, -0.05) is 13.8 Å². The van der Waals surface area contributed by atoms with Crippen LogP contribution in [0.2, 0.25) is 0 Å². The van der Waals surface area contributed by atoms with Gasteiger partial charge in [0.2, 0.25) is 0 Å². The van der Waals surface area contributed by atoms with Gasteiger partial charge in [0, 0.05) is 25.2 Å². The van der Waals surface area contributed by atoms with Crippen molar-refractivity contribution in [1.29, 1.82) is 0 Å². The smallest absolute Gasteiger partial charge is 0.309 e. The summed E-state index contributed by atoms with van der Waals surface area (Å²) in [7, 11) is 1.32. The zero-order chi connectivity index (χ0) is 19.2. The molecule has 0 radical (unpaired) electrons. The highest BCUT2D eigenvalue weighted by molar-refractivity contribution is 5.92. The molecule has 0 spiro atoms. The molecule has 4 bridgehead atoms. The van der Waals surface area contributed by atoms with E-state index in [1.54, 1.807) is 0 Å². The van der Waals surface area contributed by atoms with Gasteiger partial charge in [-0.3, -0.25) is 14.4 Å². The van der Waals surface area contributed by atoms with E-state index in [0.717, 1.165) is 24.2 Å². The molecule has 5 heteroatoms. The van der Waals surface area contributed by atoms with Crippen molar-refractivity contribution in [1.82, 2.24) is 0 Å². The Bertz CT molecular complexity index is 661. The molecule has 2 fully saturated rings. The number of Topliss-reactive ketones (excluding diaryl/α,β-unsaturated/α-hetero) is 2. The van der Waals surface area contributed by atoms with E-state index in [4.69, 9.17) is 9.47 Å². The van der Waals surface area contributed by atoms with Gasteiger partial charge in [0.05, 0.1) is 24.7 Å². The SMILES string of the molecule is COC(=O)C1CC(=O)C(C(C)C)CC2=C(C)C3CCC(C)(O2)C3C(=O)C1. The lowest BCUT2D eigenvalue weighted by Gasteiger charge is -2.40. The average molecular weight is 362 g/mol. The Morgan fingerprint density at radius 1 is 1.19 bits per heavy atom. The number of carbonyl (C=O) groups excluding carboxylic acids is 3. The minimum atomic E-state index is -0.688. The highest BCUT2D eigenvalue weighted by Gasteiger charge is 2.55. The van der Waals surface area contributed by atoms with Crippen molar-refractivity contribution < 1.29 is 23.9 Å². The van der Waals surface area contributed by atoms with Crippen molar-refractivity contribution in [3.8, 4) is 0 Å². The molecule has 5 nitrogen and oxygen atoms in total. The van der Waals surface area contributed by atoms with Crippen LogP contribution in [0.1, 0.15) is 59.8 Å². The van der Waals surface area contributed by atoms with Gasteiger partial charge >= 0.3 is 5.97 Å². The number of carbonyl (C=O) groups is 3. The number of fused-ring (bicyclic) bond motifs is 6. The fraction of sp³-hybridized carbons (Fsp3) is 0.762. The Balaban J connectivity index is 2.06. The van der Waals surface area contributed by atoms with Crippen molar-refractivity contribution in [3.63, 3.8) is 0 Å². The van der Waals surface area contributed by atoms with Gasteiger partial charge in [-0.05, 0) is 44.1 Å². The predicted octanol–water partition coefficient (Wildman–Crippen LogP) is 3.46. The first kappa shape index (κ1) is 19.1. The van der Waals surface area contributed by atoms with Gasteiger partial charge in [-0.15, -0.1) is 0 Å². The molecule has 26 heavy (non-hydrogen) atoms. The molecule has 4 rings (SSSR count). The predicted molar refractivity (Wildman–Crippen MR) is 96.1 cm³/mol. The molecule has 0 aromatic carbocycles. The zero-order valence-electron chi connectivity index (χ0n) is 16.5. The fourth-order valence-electron chi connectivity index (χ4n) is 5.20. The monoisotopic (exact) mass is 362 g/mol. The van der Waals surface area contributed by atoms with Gasteiger partial charge < -0.3 is 9.47 Å². The van der Waals surface area contributed by atoms with Crippen molar-refractivity contribution >= 4 is 17.5 Å². The van der Waals surface area contributed by atoms with Crippen LogP contribution in [0.4, 0.5) is 0 Å². The van der Waals surface area contributed by atoms with Crippen LogP contribution in [0, 0.1) is 29.6 Å². The number of methoxy groups -OCH3 is 1. The van der Waals surface area contributed by atoms with E-state index in [1.165, 1.54) is 7.11 Å². The summed E-state index contributed by atoms with van der Waals surface area (Å²) in [6.07, 6.45) is 2.44. The van der Waals surface area contributed by atoms with Crippen LogP contribution in [0.3, 0.4) is 0 Å². The van der Waals surface area contributed by atoms with E-state index < -0.39 is 17.5 Å². The number of esters is 1. The second kappa shape index (κ2) is 6.82. The van der Waals surface area contributed by atoms with E-state index in [2.05, 4.69) is 0 Å². The third-order valence-corrected chi connectivity index (χ3v) is 6.76. The summed E-state index contributed by atoms with van der Waals surface area (Å²) in [6.45, 7) is 8.11. The van der Waals surface area contributed by atoms with E-state index in [0.29, 0.717) is 6.42 Å². The molecule has 144 valence electrons. The minimum Gasteiger partial charge on any atom is -0.491 e. The molecular formula is C21H30O5. The number of hydrogen-bond donors (Lipinski definition) is 0. The summed E-state index contributed by atoms with van der Waals surface area (Å²) in [5.41, 5.74) is 0.597. The summed E-state index contributed by atoms with van der Waals surface area (Å²) >= 11 is 0. The summed E-state index contributed by atoms with van der Waals surface area (Å²) < 4.78 is 11.3. The van der Waals surface area contributed by atoms with Crippen LogP contribution in [0.25, 0.3) is 0 Å². The maximum absolute atomic E-state index is 13.1. The molecule has 2 heterocycles. The van der Waals surface area contributed by atoms with Crippen LogP contribution in [-0.4, -0.2) is 30.2 Å². The third-order valence-electron chi connectivity index (χ3n) is 6.76. The van der Waals surface area contributed by atoms with Crippen molar-refractivity contribution in [2.45, 2.75) is 65.4 Å². The second-order valence-corrected chi connectivity index (χ2v) is 8.76. The Labute approximate surface area is 155 Å². The van der Waals surface area contributed by atoms with Crippen LogP contribution < -0.4 is 0 Å². The van der Waals surface area contributed by atoms with Gasteiger partial charge in [0.25, 0.3) is 0 Å². The Morgan fingerprint density at radius 3 is 2.46 bits per heavy atom. The van der Waals surface area contributed by atoms with E-state index in [-0.39, 0.29) is 48.1 Å². The van der Waals surface area contributed by atoms with Crippen molar-refractivity contribution in [2.75, 3.05) is 7.11 Å². The second-order valence-electron chi connectivity index (χ2n) is 8.76. The first-order valence-corrected chi connectivity index (χ1v) is 9.69. The van der Waals surface area contributed by atoms with Crippen molar-refractivity contribution in [2.24, 2.45) is 29.6 Å². The summed E-state index contributed by atoms with van der Waals surface area (Å²) in [5.74, 6) is -0.345. The molecule has 1 saturated carbocycles. The molecule has 0 aromatic heterocycles. The number of hydrogen-bond acceptors (Lipinski definition) is 5. The lowest BCUT2D eigenvalue weighted by Crippen LogP contribution is -2.44. The summed E-state index contributed by atoms with van der Waals surface area (Å²) in [4.78, 5) is 38.4. The molecule has 4 aliphatic rings. The van der Waals surface area contributed by atoms with Crippen molar-refractivity contribution in [3.05, 3.63) is 11.3 Å². The first-order chi connectivity index (χ1) is 12.2. The Hall–Kier alpha value is -1.65. The molecule has 2 aliphatic heterocycles. The van der Waals surface area contributed by atoms with Gasteiger partial charge in [0.1, 0.15) is 17.2 Å². The molecule has 2 aliphatic carbocycles. The molecule has 5 unspecified atom stereocenters. The zero-order valence-corrected chi connectivity index (χ0v) is 16.5. The first-order valence-electron chi connectivity index (χ1n) is 9.69. The average Bonchev–Trinajstić information content (AvgIpc) is 2.85. The van der Waals surface area contributed by atoms with Crippen LogP contribution in [0.5, 0.6) is 0 Å². The van der Waals surface area contributed by atoms with E-state index in [1.807, 2.05) is 27.7 Å². The van der Waals surface area contributed by atoms with Gasteiger partial charge in [-0.25, -0.2) is 0 Å². The molecule has 5 atom stereocenters. The maximum Gasteiger partial charge on any atom is 0.309 e. The highest BCUT2D eigenvalue weighted by atomic mass is 16.5. The summed E-state index contributed by atoms with van der Waals surface area (Å²) in [5, 5.41) is 0. The van der Waals surface area contributed by atoms with Crippen LogP contribution in [-0.2, 0) is 23.9 Å². The fourth-order valence-corrected chi connectivity index (χ4v) is 5.20. The number of ketones is 2. The molecular weight excluding hydrogens is 332 g/mol. The Kier molecular flexibility index (Phi) is 5.02. The molecule has 1 saturated heterocycles. The van der Waals surface area contributed by atoms with E-state index >= 15 is 0 Å². The largest absolute Gasteiger partial charge is 0.491 e.